The van der Waals surface area contributed by atoms with Gasteiger partial charge in [-0.3, -0.25) is 4.79 Å². The van der Waals surface area contributed by atoms with Crippen LogP contribution in [0.3, 0.4) is 0 Å². The van der Waals surface area contributed by atoms with Gasteiger partial charge in [-0.25, -0.2) is 4.98 Å². The summed E-state index contributed by atoms with van der Waals surface area (Å²) in [5.41, 5.74) is 1.60. The van der Waals surface area contributed by atoms with Crippen molar-refractivity contribution in [2.75, 3.05) is 11.4 Å². The molecular weight excluding hydrogens is 248 g/mol. The number of aldehydes is 1. The lowest BCUT2D eigenvalue weighted by Crippen LogP contribution is -2.35. The van der Waals surface area contributed by atoms with Gasteiger partial charge in [0.25, 0.3) is 0 Å². The van der Waals surface area contributed by atoms with Gasteiger partial charge in [-0.1, -0.05) is 32.0 Å². The maximum Gasteiger partial charge on any atom is 0.153 e. The highest BCUT2D eigenvalue weighted by atomic mass is 16.1. The molecule has 0 spiro atoms. The molecule has 3 nitrogen and oxygen atoms in total. The number of pyridine rings is 1. The van der Waals surface area contributed by atoms with Crippen LogP contribution in [0.5, 0.6) is 0 Å². The smallest absolute Gasteiger partial charge is 0.153 e. The lowest BCUT2D eigenvalue weighted by molar-refractivity contribution is 0.112. The molecule has 1 heterocycles. The molecule has 2 aromatic rings. The average molecular weight is 270 g/mol. The molecule has 106 valence electrons. The van der Waals surface area contributed by atoms with E-state index in [9.17, 15) is 4.79 Å². The van der Waals surface area contributed by atoms with E-state index in [4.69, 9.17) is 4.98 Å². The second-order valence-corrected chi connectivity index (χ2v) is 5.85. The van der Waals surface area contributed by atoms with Gasteiger partial charge in [0.2, 0.25) is 0 Å². The second kappa shape index (κ2) is 6.04. The van der Waals surface area contributed by atoms with Crippen molar-refractivity contribution in [3.63, 3.8) is 0 Å². The summed E-state index contributed by atoms with van der Waals surface area (Å²) in [7, 11) is 0. The Morgan fingerprint density at radius 3 is 2.50 bits per heavy atom. The van der Waals surface area contributed by atoms with Crippen molar-refractivity contribution in [3.8, 4) is 0 Å². The molecule has 20 heavy (non-hydrogen) atoms. The fourth-order valence-corrected chi connectivity index (χ4v) is 2.37. The summed E-state index contributed by atoms with van der Waals surface area (Å²) in [5.74, 6) is 1.31. The molecule has 0 amide bonds. The van der Waals surface area contributed by atoms with E-state index in [-0.39, 0.29) is 0 Å². The molecule has 1 aromatic heterocycles. The first kappa shape index (κ1) is 14.5. The Bertz CT molecular complexity index is 605. The van der Waals surface area contributed by atoms with E-state index in [2.05, 4.69) is 32.6 Å². The number of rotatable bonds is 5. The molecule has 0 radical (unpaired) electrons. The maximum atomic E-state index is 11.4. The van der Waals surface area contributed by atoms with Gasteiger partial charge in [-0.15, -0.1) is 0 Å². The van der Waals surface area contributed by atoms with E-state index in [0.29, 0.717) is 17.5 Å². The lowest BCUT2D eigenvalue weighted by Gasteiger charge is -2.30. The highest BCUT2D eigenvalue weighted by Gasteiger charge is 2.18. The molecule has 0 unspecified atom stereocenters. The Kier molecular flexibility index (Phi) is 4.38. The molecule has 0 aliphatic carbocycles. The molecule has 0 fully saturated rings. The molecule has 3 heteroatoms. The minimum Gasteiger partial charge on any atom is -0.353 e. The largest absolute Gasteiger partial charge is 0.353 e. The van der Waals surface area contributed by atoms with E-state index in [1.54, 1.807) is 0 Å². The molecule has 2 rings (SSSR count). The van der Waals surface area contributed by atoms with Crippen molar-refractivity contribution < 1.29 is 4.79 Å². The zero-order valence-corrected chi connectivity index (χ0v) is 12.6. The van der Waals surface area contributed by atoms with Crippen LogP contribution >= 0.6 is 0 Å². The predicted octanol–water partition coefficient (Wildman–Crippen LogP) is 3.92. The number of carbonyl (C=O) groups excluding carboxylic acids is 1. The predicted molar refractivity (Wildman–Crippen MR) is 84.5 cm³/mol. The van der Waals surface area contributed by atoms with E-state index in [1.165, 1.54) is 0 Å². The zero-order valence-electron chi connectivity index (χ0n) is 12.6. The minimum absolute atomic E-state index is 0.310. The number of hydrogen-bond acceptors (Lipinski definition) is 3. The number of aromatic nitrogens is 1. The van der Waals surface area contributed by atoms with Gasteiger partial charge in [0.1, 0.15) is 5.82 Å². The second-order valence-electron chi connectivity index (χ2n) is 5.85. The van der Waals surface area contributed by atoms with Crippen LogP contribution in [-0.2, 0) is 0 Å². The van der Waals surface area contributed by atoms with Gasteiger partial charge in [-0.2, -0.15) is 0 Å². The van der Waals surface area contributed by atoms with Crippen LogP contribution in [0.25, 0.3) is 10.9 Å². The topological polar surface area (TPSA) is 33.2 Å². The van der Waals surface area contributed by atoms with Crippen LogP contribution in [0.1, 0.15) is 38.1 Å². The number of para-hydroxylation sites is 1. The molecule has 0 saturated carbocycles. The van der Waals surface area contributed by atoms with E-state index < -0.39 is 0 Å². The first-order valence-corrected chi connectivity index (χ1v) is 7.14. The Balaban J connectivity index is 2.57. The summed E-state index contributed by atoms with van der Waals surface area (Å²) in [6.45, 7) is 9.51. The Hall–Kier alpha value is -1.90. The molecule has 0 aliphatic heterocycles. The number of anilines is 1. The summed E-state index contributed by atoms with van der Waals surface area (Å²) in [6, 6.07) is 10.2. The quantitative estimate of drug-likeness (QED) is 0.772. The summed E-state index contributed by atoms with van der Waals surface area (Å²) >= 11 is 0. The molecule has 1 aromatic carbocycles. The highest BCUT2D eigenvalue weighted by molar-refractivity contribution is 5.91. The first-order valence-electron chi connectivity index (χ1n) is 7.14. The van der Waals surface area contributed by atoms with Crippen molar-refractivity contribution in [1.29, 1.82) is 0 Å². The van der Waals surface area contributed by atoms with E-state index in [1.807, 2.05) is 30.3 Å². The molecule has 0 aliphatic rings. The molecule has 0 saturated heterocycles. The number of fused-ring (bicyclic) bond motifs is 1. The van der Waals surface area contributed by atoms with Gasteiger partial charge in [0, 0.05) is 18.0 Å². The summed E-state index contributed by atoms with van der Waals surface area (Å²) in [4.78, 5) is 18.3. The van der Waals surface area contributed by atoms with Crippen molar-refractivity contribution in [3.05, 3.63) is 35.9 Å². The number of hydrogen-bond donors (Lipinski definition) is 0. The Morgan fingerprint density at radius 2 is 1.90 bits per heavy atom. The third-order valence-corrected chi connectivity index (χ3v) is 3.32. The fourth-order valence-electron chi connectivity index (χ4n) is 2.37. The van der Waals surface area contributed by atoms with Gasteiger partial charge in [0.05, 0.1) is 11.1 Å². The van der Waals surface area contributed by atoms with Crippen LogP contribution in [0, 0.1) is 5.92 Å². The van der Waals surface area contributed by atoms with Gasteiger partial charge < -0.3 is 4.90 Å². The summed E-state index contributed by atoms with van der Waals surface area (Å²) in [5, 5.41) is 1.01. The summed E-state index contributed by atoms with van der Waals surface area (Å²) < 4.78 is 0. The van der Waals surface area contributed by atoms with Gasteiger partial charge >= 0.3 is 0 Å². The maximum absolute atomic E-state index is 11.4. The van der Waals surface area contributed by atoms with Gasteiger partial charge in [0.15, 0.2) is 6.29 Å². The lowest BCUT2D eigenvalue weighted by atomic mass is 10.1. The average Bonchev–Trinajstić information content (AvgIpc) is 2.42. The first-order chi connectivity index (χ1) is 9.52. The zero-order chi connectivity index (χ0) is 14.7. The monoisotopic (exact) mass is 270 g/mol. The SMILES string of the molecule is CC(C)CN(c1nc2ccccc2cc1C=O)C(C)C. The number of nitrogens with zero attached hydrogens (tertiary/aromatic N) is 2. The highest BCUT2D eigenvalue weighted by Crippen LogP contribution is 2.24. The van der Waals surface area contributed by atoms with Crippen molar-refractivity contribution in [2.24, 2.45) is 5.92 Å². The van der Waals surface area contributed by atoms with E-state index >= 15 is 0 Å². The molecule has 0 bridgehead atoms. The Morgan fingerprint density at radius 1 is 1.20 bits per heavy atom. The normalized spacial score (nSPS) is 11.3. The number of benzene rings is 1. The van der Waals surface area contributed by atoms with Gasteiger partial charge in [-0.05, 0) is 31.9 Å². The van der Waals surface area contributed by atoms with E-state index in [0.717, 1.165) is 29.6 Å². The fraction of sp³-hybridized carbons (Fsp3) is 0.412. The summed E-state index contributed by atoms with van der Waals surface area (Å²) in [6.07, 6.45) is 0.907. The van der Waals surface area contributed by atoms with Crippen LogP contribution in [0.2, 0.25) is 0 Å². The minimum atomic E-state index is 0.310. The van der Waals surface area contributed by atoms with Crippen LogP contribution < -0.4 is 4.90 Å². The Labute approximate surface area is 120 Å². The third kappa shape index (κ3) is 2.98. The number of carbonyl (C=O) groups is 1. The molecule has 0 atom stereocenters. The van der Waals surface area contributed by atoms with Crippen molar-refractivity contribution in [1.82, 2.24) is 4.98 Å². The molecular formula is C17H22N2O. The van der Waals surface area contributed by atoms with Crippen molar-refractivity contribution in [2.45, 2.75) is 33.7 Å². The van der Waals surface area contributed by atoms with Crippen LogP contribution in [0.4, 0.5) is 5.82 Å². The van der Waals surface area contributed by atoms with Crippen LogP contribution in [0.15, 0.2) is 30.3 Å². The van der Waals surface area contributed by atoms with Crippen molar-refractivity contribution >= 4 is 23.0 Å². The molecule has 0 N–H and O–H groups in total. The standard InChI is InChI=1S/C17H22N2O/c1-12(2)10-19(13(3)4)17-15(11-20)9-14-7-5-6-8-16(14)18-17/h5-9,11-13H,10H2,1-4H3. The third-order valence-electron chi connectivity index (χ3n) is 3.32. The van der Waals surface area contributed by atoms with Crippen LogP contribution in [-0.4, -0.2) is 23.9 Å².